The monoisotopic (exact) mass is 357 g/mol. The number of benzene rings is 2. The van der Waals surface area contributed by atoms with E-state index in [-0.39, 0.29) is 31.2 Å². The zero-order valence-corrected chi connectivity index (χ0v) is 14.1. The van der Waals surface area contributed by atoms with Crippen LogP contribution in [0.2, 0.25) is 0 Å². The number of aliphatic hydroxyl groups excluding tert-OH is 1. The van der Waals surface area contributed by atoms with Gasteiger partial charge in [0.05, 0.1) is 6.10 Å². The maximum Gasteiger partial charge on any atom is 0.322 e. The normalized spacial score (nSPS) is 19.2. The molecule has 136 valence electrons. The molecule has 2 aromatic rings. The molecule has 1 fully saturated rings. The van der Waals surface area contributed by atoms with Gasteiger partial charge in [0.25, 0.3) is 0 Å². The molecule has 0 saturated carbocycles. The number of rotatable bonds is 4. The van der Waals surface area contributed by atoms with E-state index in [0.717, 1.165) is 5.56 Å². The van der Waals surface area contributed by atoms with Crippen LogP contribution in [-0.4, -0.2) is 40.6 Å². The standard InChI is InChI=1S/C19H20FN3O3/c20-14-8-6-13(7-9-14)11-21-18(25)17-10-16(24)12-23(17)19(26)22-15-4-2-1-3-5-15/h1-9,16-17,24H,10-12H2,(H,21,25)(H,22,26)/t16-,17-/m1/s1. The number of nitrogens with one attached hydrogen (secondary N) is 2. The van der Waals surface area contributed by atoms with Crippen molar-refractivity contribution in [2.45, 2.75) is 25.1 Å². The summed E-state index contributed by atoms with van der Waals surface area (Å²) in [6.45, 7) is 0.313. The second kappa shape index (κ2) is 7.97. The predicted octanol–water partition coefficient (Wildman–Crippen LogP) is 2.11. The number of aliphatic hydroxyl groups is 1. The van der Waals surface area contributed by atoms with Gasteiger partial charge >= 0.3 is 6.03 Å². The molecular formula is C19H20FN3O3. The Morgan fingerprint density at radius 2 is 1.81 bits per heavy atom. The number of hydrogen-bond donors (Lipinski definition) is 3. The maximum atomic E-state index is 12.9. The van der Waals surface area contributed by atoms with Gasteiger partial charge in [-0.2, -0.15) is 0 Å². The molecule has 7 heteroatoms. The molecule has 0 radical (unpaired) electrons. The third-order valence-electron chi connectivity index (χ3n) is 4.25. The molecule has 3 N–H and O–H groups in total. The van der Waals surface area contributed by atoms with Gasteiger partial charge in [-0.15, -0.1) is 0 Å². The molecule has 3 amide bonds. The van der Waals surface area contributed by atoms with E-state index in [4.69, 9.17) is 0 Å². The number of β-amino-alcohol motifs (C(OH)–C–C–N with tert-alkyl or cyclic N) is 1. The summed E-state index contributed by atoms with van der Waals surface area (Å²) in [6, 6.07) is 13.5. The second-order valence-corrected chi connectivity index (χ2v) is 6.20. The van der Waals surface area contributed by atoms with Gasteiger partial charge < -0.3 is 20.6 Å². The van der Waals surface area contributed by atoms with E-state index >= 15 is 0 Å². The second-order valence-electron chi connectivity index (χ2n) is 6.20. The van der Waals surface area contributed by atoms with E-state index in [1.807, 2.05) is 6.07 Å². The smallest absolute Gasteiger partial charge is 0.322 e. The first kappa shape index (κ1) is 17.9. The van der Waals surface area contributed by atoms with Crippen LogP contribution < -0.4 is 10.6 Å². The predicted molar refractivity (Wildman–Crippen MR) is 94.8 cm³/mol. The molecule has 0 aliphatic carbocycles. The van der Waals surface area contributed by atoms with Crippen LogP contribution in [0.1, 0.15) is 12.0 Å². The first-order chi connectivity index (χ1) is 12.5. The van der Waals surface area contributed by atoms with E-state index < -0.39 is 18.2 Å². The summed E-state index contributed by atoms with van der Waals surface area (Å²) in [7, 11) is 0. The fourth-order valence-corrected chi connectivity index (χ4v) is 2.91. The van der Waals surface area contributed by atoms with Crippen molar-refractivity contribution in [3.63, 3.8) is 0 Å². The van der Waals surface area contributed by atoms with Crippen LogP contribution in [0.25, 0.3) is 0 Å². The molecule has 26 heavy (non-hydrogen) atoms. The number of nitrogens with zero attached hydrogens (tertiary/aromatic N) is 1. The van der Waals surface area contributed by atoms with Gasteiger partial charge in [-0.3, -0.25) is 4.79 Å². The van der Waals surface area contributed by atoms with Crippen LogP contribution in [0.15, 0.2) is 54.6 Å². The van der Waals surface area contributed by atoms with Gasteiger partial charge in [-0.05, 0) is 29.8 Å². The molecule has 1 heterocycles. The topological polar surface area (TPSA) is 81.7 Å². The van der Waals surface area contributed by atoms with Crippen molar-refractivity contribution in [2.75, 3.05) is 11.9 Å². The Balaban J connectivity index is 1.61. The Bertz CT molecular complexity index is 767. The average Bonchev–Trinajstić information content (AvgIpc) is 3.04. The van der Waals surface area contributed by atoms with Gasteiger partial charge in [-0.1, -0.05) is 30.3 Å². The molecule has 1 aliphatic rings. The molecule has 1 aliphatic heterocycles. The minimum atomic E-state index is -0.755. The molecule has 3 rings (SSSR count). The van der Waals surface area contributed by atoms with Crippen molar-refractivity contribution in [3.05, 3.63) is 66.0 Å². The summed E-state index contributed by atoms with van der Waals surface area (Å²) in [5, 5.41) is 15.4. The van der Waals surface area contributed by atoms with Gasteiger partial charge in [0.15, 0.2) is 0 Å². The highest BCUT2D eigenvalue weighted by Crippen LogP contribution is 2.20. The highest BCUT2D eigenvalue weighted by atomic mass is 19.1. The summed E-state index contributed by atoms with van der Waals surface area (Å²) in [6.07, 6.45) is -0.574. The van der Waals surface area contributed by atoms with Gasteiger partial charge in [0.2, 0.25) is 5.91 Å². The lowest BCUT2D eigenvalue weighted by molar-refractivity contribution is -0.124. The SMILES string of the molecule is O=C(NCc1ccc(F)cc1)[C@H]1C[C@@H](O)CN1C(=O)Nc1ccccc1. The number of para-hydroxylation sites is 1. The first-order valence-electron chi connectivity index (χ1n) is 8.36. The minimum absolute atomic E-state index is 0.0906. The average molecular weight is 357 g/mol. The third kappa shape index (κ3) is 4.37. The van der Waals surface area contributed by atoms with Crippen molar-refractivity contribution in [2.24, 2.45) is 0 Å². The molecule has 1 saturated heterocycles. The Morgan fingerprint density at radius 1 is 1.12 bits per heavy atom. The lowest BCUT2D eigenvalue weighted by atomic mass is 10.1. The number of urea groups is 1. The minimum Gasteiger partial charge on any atom is -0.391 e. The highest BCUT2D eigenvalue weighted by Gasteiger charge is 2.38. The zero-order chi connectivity index (χ0) is 18.5. The number of likely N-dealkylation sites (tertiary alicyclic amines) is 1. The quantitative estimate of drug-likeness (QED) is 0.784. The van der Waals surface area contributed by atoms with Gasteiger partial charge in [-0.25, -0.2) is 9.18 Å². The van der Waals surface area contributed by atoms with E-state index in [0.29, 0.717) is 5.69 Å². The third-order valence-corrected chi connectivity index (χ3v) is 4.25. The maximum absolute atomic E-state index is 12.9. The fraction of sp³-hybridized carbons (Fsp3) is 0.263. The lowest BCUT2D eigenvalue weighted by Gasteiger charge is -2.24. The highest BCUT2D eigenvalue weighted by molar-refractivity contribution is 5.94. The molecule has 0 aromatic heterocycles. The summed E-state index contributed by atoms with van der Waals surface area (Å²) < 4.78 is 12.9. The van der Waals surface area contributed by atoms with Gasteiger partial charge in [0.1, 0.15) is 11.9 Å². The fourth-order valence-electron chi connectivity index (χ4n) is 2.91. The number of carbonyl (C=O) groups is 2. The number of halogens is 1. The van der Waals surface area contributed by atoms with E-state index in [9.17, 15) is 19.1 Å². The van der Waals surface area contributed by atoms with Crippen molar-refractivity contribution >= 4 is 17.6 Å². The van der Waals surface area contributed by atoms with Crippen molar-refractivity contribution in [3.8, 4) is 0 Å². The van der Waals surface area contributed by atoms with E-state index in [1.54, 1.807) is 36.4 Å². The Morgan fingerprint density at radius 3 is 2.50 bits per heavy atom. The molecule has 0 unspecified atom stereocenters. The van der Waals surface area contributed by atoms with Crippen LogP contribution in [-0.2, 0) is 11.3 Å². The van der Waals surface area contributed by atoms with Crippen molar-refractivity contribution in [1.29, 1.82) is 0 Å². The van der Waals surface area contributed by atoms with Crippen LogP contribution in [0.3, 0.4) is 0 Å². The van der Waals surface area contributed by atoms with E-state index in [2.05, 4.69) is 10.6 Å². The molecule has 2 aromatic carbocycles. The van der Waals surface area contributed by atoms with Crippen LogP contribution in [0.5, 0.6) is 0 Å². The Kier molecular flexibility index (Phi) is 5.48. The molecule has 0 bridgehead atoms. The molecule has 2 atom stereocenters. The summed E-state index contributed by atoms with van der Waals surface area (Å²) in [5.41, 5.74) is 1.36. The number of carbonyl (C=O) groups excluding carboxylic acids is 2. The van der Waals surface area contributed by atoms with Crippen molar-refractivity contribution < 1.29 is 19.1 Å². The lowest BCUT2D eigenvalue weighted by Crippen LogP contribution is -2.47. The summed E-state index contributed by atoms with van der Waals surface area (Å²) in [4.78, 5) is 26.3. The molecule has 6 nitrogen and oxygen atoms in total. The number of amides is 3. The number of anilines is 1. The van der Waals surface area contributed by atoms with Gasteiger partial charge in [0, 0.05) is 25.2 Å². The first-order valence-corrected chi connectivity index (χ1v) is 8.36. The Labute approximate surface area is 150 Å². The summed E-state index contributed by atoms with van der Waals surface area (Å²) in [5.74, 6) is -0.697. The molecular weight excluding hydrogens is 337 g/mol. The number of hydrogen-bond acceptors (Lipinski definition) is 3. The van der Waals surface area contributed by atoms with Crippen LogP contribution >= 0.6 is 0 Å². The zero-order valence-electron chi connectivity index (χ0n) is 14.1. The van der Waals surface area contributed by atoms with E-state index in [1.165, 1.54) is 17.0 Å². The molecule has 0 spiro atoms. The largest absolute Gasteiger partial charge is 0.391 e. The summed E-state index contributed by atoms with van der Waals surface area (Å²) >= 11 is 0. The van der Waals surface area contributed by atoms with Crippen LogP contribution in [0, 0.1) is 5.82 Å². The van der Waals surface area contributed by atoms with Crippen LogP contribution in [0.4, 0.5) is 14.9 Å². The van der Waals surface area contributed by atoms with Crippen molar-refractivity contribution in [1.82, 2.24) is 10.2 Å². The Hall–Kier alpha value is -2.93.